The van der Waals surface area contributed by atoms with E-state index in [1.54, 1.807) is 6.07 Å². The summed E-state index contributed by atoms with van der Waals surface area (Å²) in [6, 6.07) is 9.96. The predicted molar refractivity (Wildman–Crippen MR) is 78.3 cm³/mol. The number of nitrogens with one attached hydrogen (secondary N) is 1. The summed E-state index contributed by atoms with van der Waals surface area (Å²) in [5.74, 6) is -1.78. The van der Waals surface area contributed by atoms with Crippen molar-refractivity contribution in [3.8, 4) is 0 Å². The van der Waals surface area contributed by atoms with Crippen LogP contribution in [0.1, 0.15) is 5.01 Å². The molecule has 1 N–H and O–H groups in total. The minimum absolute atomic E-state index is 0.0750. The van der Waals surface area contributed by atoms with Crippen LogP contribution >= 0.6 is 22.9 Å². The minimum Gasteiger partial charge on any atom is -0.377 e. The first kappa shape index (κ1) is 13.3. The van der Waals surface area contributed by atoms with Crippen molar-refractivity contribution in [2.75, 3.05) is 5.32 Å². The number of thiazole rings is 1. The maximum Gasteiger partial charge on any atom is 0.185 e. The average molecular weight is 311 g/mol. The molecule has 0 atom stereocenters. The van der Waals surface area contributed by atoms with Crippen LogP contribution in [0.5, 0.6) is 0 Å². The van der Waals surface area contributed by atoms with Crippen LogP contribution < -0.4 is 5.32 Å². The van der Waals surface area contributed by atoms with Crippen LogP contribution in [0.4, 0.5) is 14.5 Å². The SMILES string of the molecule is Fc1ccc2sc(CNc3ccccc3Cl)nc2c1F. The van der Waals surface area contributed by atoms with E-state index in [2.05, 4.69) is 10.3 Å². The van der Waals surface area contributed by atoms with E-state index >= 15 is 0 Å². The molecule has 2 aromatic carbocycles. The Labute approximate surface area is 123 Å². The third kappa shape index (κ3) is 2.46. The third-order valence-electron chi connectivity index (χ3n) is 2.80. The lowest BCUT2D eigenvalue weighted by atomic mass is 10.3. The Bertz CT molecular complexity index is 773. The Kier molecular flexibility index (Phi) is 3.54. The lowest BCUT2D eigenvalue weighted by Crippen LogP contribution is -1.99. The van der Waals surface area contributed by atoms with E-state index in [-0.39, 0.29) is 5.52 Å². The molecule has 0 spiro atoms. The number of aromatic nitrogens is 1. The Balaban J connectivity index is 1.85. The number of hydrogen-bond donors (Lipinski definition) is 1. The first-order chi connectivity index (χ1) is 9.65. The average Bonchev–Trinajstić information content (AvgIpc) is 2.86. The largest absolute Gasteiger partial charge is 0.377 e. The number of para-hydroxylation sites is 1. The fourth-order valence-electron chi connectivity index (χ4n) is 1.83. The third-order valence-corrected chi connectivity index (χ3v) is 4.15. The van der Waals surface area contributed by atoms with Crippen molar-refractivity contribution in [1.82, 2.24) is 4.98 Å². The van der Waals surface area contributed by atoms with Gasteiger partial charge in [-0.05, 0) is 24.3 Å². The molecule has 0 radical (unpaired) electrons. The lowest BCUT2D eigenvalue weighted by Gasteiger charge is -2.05. The van der Waals surface area contributed by atoms with Crippen LogP contribution in [-0.2, 0) is 6.54 Å². The first-order valence-electron chi connectivity index (χ1n) is 5.87. The van der Waals surface area contributed by atoms with Crippen LogP contribution in [0.25, 0.3) is 10.2 Å². The Morgan fingerprint density at radius 2 is 1.95 bits per heavy atom. The van der Waals surface area contributed by atoms with Crippen LogP contribution in [-0.4, -0.2) is 4.98 Å². The molecule has 20 heavy (non-hydrogen) atoms. The van der Waals surface area contributed by atoms with Gasteiger partial charge in [-0.1, -0.05) is 23.7 Å². The molecule has 1 heterocycles. The molecular weight excluding hydrogens is 302 g/mol. The Morgan fingerprint density at radius 3 is 2.75 bits per heavy atom. The van der Waals surface area contributed by atoms with Gasteiger partial charge in [0.2, 0.25) is 0 Å². The van der Waals surface area contributed by atoms with Gasteiger partial charge in [0.15, 0.2) is 11.6 Å². The summed E-state index contributed by atoms with van der Waals surface area (Å²) in [6.45, 7) is 0.407. The van der Waals surface area contributed by atoms with Gasteiger partial charge >= 0.3 is 0 Å². The molecule has 0 fully saturated rings. The summed E-state index contributed by atoms with van der Waals surface area (Å²) in [5.41, 5.74) is 0.853. The second kappa shape index (κ2) is 5.34. The molecule has 1 aromatic heterocycles. The van der Waals surface area contributed by atoms with Gasteiger partial charge in [-0.2, -0.15) is 0 Å². The molecule has 2 nitrogen and oxygen atoms in total. The van der Waals surface area contributed by atoms with Gasteiger partial charge in [0.05, 0.1) is 22.0 Å². The number of rotatable bonds is 3. The Hall–Kier alpha value is -1.72. The quantitative estimate of drug-likeness (QED) is 0.748. The number of benzene rings is 2. The van der Waals surface area contributed by atoms with Gasteiger partial charge in [0.1, 0.15) is 10.5 Å². The summed E-state index contributed by atoms with van der Waals surface area (Å²) in [7, 11) is 0. The van der Waals surface area contributed by atoms with E-state index in [0.29, 0.717) is 21.3 Å². The zero-order valence-electron chi connectivity index (χ0n) is 10.2. The highest BCUT2D eigenvalue weighted by Gasteiger charge is 2.12. The van der Waals surface area contributed by atoms with Crippen molar-refractivity contribution >= 4 is 38.8 Å². The minimum atomic E-state index is -0.900. The number of fused-ring (bicyclic) bond motifs is 1. The second-order valence-corrected chi connectivity index (χ2v) is 5.67. The number of hydrogen-bond acceptors (Lipinski definition) is 3. The van der Waals surface area contributed by atoms with Crippen LogP contribution in [0.15, 0.2) is 36.4 Å². The highest BCUT2D eigenvalue weighted by atomic mass is 35.5. The van der Waals surface area contributed by atoms with E-state index in [0.717, 1.165) is 11.8 Å². The zero-order chi connectivity index (χ0) is 14.1. The highest BCUT2D eigenvalue weighted by molar-refractivity contribution is 7.18. The monoisotopic (exact) mass is 310 g/mol. The number of nitrogens with zero attached hydrogens (tertiary/aromatic N) is 1. The summed E-state index contributed by atoms with van der Waals surface area (Å²) in [4.78, 5) is 4.12. The van der Waals surface area contributed by atoms with Crippen molar-refractivity contribution in [2.24, 2.45) is 0 Å². The fourth-order valence-corrected chi connectivity index (χ4v) is 2.94. The molecule has 0 aliphatic heterocycles. The first-order valence-corrected chi connectivity index (χ1v) is 7.06. The molecule has 3 rings (SSSR count). The van der Waals surface area contributed by atoms with Gasteiger partial charge in [-0.25, -0.2) is 13.8 Å². The molecule has 0 aliphatic rings. The zero-order valence-corrected chi connectivity index (χ0v) is 11.7. The number of halogens is 3. The molecule has 102 valence electrons. The van der Waals surface area contributed by atoms with Crippen LogP contribution in [0.2, 0.25) is 5.02 Å². The van der Waals surface area contributed by atoms with Gasteiger partial charge in [0.25, 0.3) is 0 Å². The molecular formula is C14H9ClF2N2S. The maximum atomic E-state index is 13.6. The molecule has 0 bridgehead atoms. The van der Waals surface area contributed by atoms with Crippen LogP contribution in [0, 0.1) is 11.6 Å². The van der Waals surface area contributed by atoms with Gasteiger partial charge in [-0.15, -0.1) is 11.3 Å². The Morgan fingerprint density at radius 1 is 1.15 bits per heavy atom. The van der Waals surface area contributed by atoms with E-state index in [4.69, 9.17) is 11.6 Å². The molecule has 0 unspecified atom stereocenters. The van der Waals surface area contributed by atoms with Crippen molar-refractivity contribution in [2.45, 2.75) is 6.54 Å². The fraction of sp³-hybridized carbons (Fsp3) is 0.0714. The van der Waals surface area contributed by atoms with E-state index in [1.807, 2.05) is 18.2 Å². The normalized spacial score (nSPS) is 10.9. The van der Waals surface area contributed by atoms with E-state index in [9.17, 15) is 8.78 Å². The second-order valence-electron chi connectivity index (χ2n) is 4.15. The van der Waals surface area contributed by atoms with Gasteiger partial charge < -0.3 is 5.32 Å². The smallest absolute Gasteiger partial charge is 0.185 e. The maximum absolute atomic E-state index is 13.6. The summed E-state index contributed by atoms with van der Waals surface area (Å²) < 4.78 is 27.3. The van der Waals surface area contributed by atoms with E-state index in [1.165, 1.54) is 17.4 Å². The highest BCUT2D eigenvalue weighted by Crippen LogP contribution is 2.27. The van der Waals surface area contributed by atoms with Crippen molar-refractivity contribution in [3.63, 3.8) is 0 Å². The topological polar surface area (TPSA) is 24.9 Å². The summed E-state index contributed by atoms with van der Waals surface area (Å²) >= 11 is 7.35. The van der Waals surface area contributed by atoms with Crippen molar-refractivity contribution in [3.05, 3.63) is 58.1 Å². The molecule has 0 amide bonds. The molecule has 0 aliphatic carbocycles. The molecule has 3 aromatic rings. The van der Waals surface area contributed by atoms with Crippen LogP contribution in [0.3, 0.4) is 0 Å². The molecule has 0 saturated carbocycles. The van der Waals surface area contributed by atoms with Crippen molar-refractivity contribution < 1.29 is 8.78 Å². The molecule has 0 saturated heterocycles. The molecule has 6 heteroatoms. The van der Waals surface area contributed by atoms with E-state index < -0.39 is 11.6 Å². The van der Waals surface area contributed by atoms with Gasteiger partial charge in [-0.3, -0.25) is 0 Å². The summed E-state index contributed by atoms with van der Waals surface area (Å²) in [6.07, 6.45) is 0. The number of anilines is 1. The van der Waals surface area contributed by atoms with Gasteiger partial charge in [0, 0.05) is 0 Å². The lowest BCUT2D eigenvalue weighted by molar-refractivity contribution is 0.515. The predicted octanol–water partition coefficient (Wildman–Crippen LogP) is 4.84. The van der Waals surface area contributed by atoms with Crippen molar-refractivity contribution in [1.29, 1.82) is 0 Å². The summed E-state index contributed by atoms with van der Waals surface area (Å²) in [5, 5.41) is 4.40. The standard InChI is InChI=1S/C14H9ClF2N2S/c15-8-3-1-2-4-10(8)18-7-12-19-14-11(20-12)6-5-9(16)13(14)17/h1-6,18H,7H2.